The molecule has 6 nitrogen and oxygen atoms in total. The number of guanidine groups is 1. The van der Waals surface area contributed by atoms with Crippen molar-refractivity contribution in [2.45, 2.75) is 24.3 Å². The van der Waals surface area contributed by atoms with Gasteiger partial charge >= 0.3 is 0 Å². The number of sulfonamides is 1. The van der Waals surface area contributed by atoms with Crippen LogP contribution < -0.4 is 5.32 Å². The van der Waals surface area contributed by atoms with Crippen LogP contribution >= 0.6 is 0 Å². The second-order valence-electron chi connectivity index (χ2n) is 7.56. The van der Waals surface area contributed by atoms with Gasteiger partial charge in [-0.05, 0) is 36.5 Å². The van der Waals surface area contributed by atoms with Gasteiger partial charge in [-0.3, -0.25) is 0 Å². The molecule has 0 spiro atoms. The molecule has 1 aliphatic rings. The van der Waals surface area contributed by atoms with Gasteiger partial charge in [-0.1, -0.05) is 48.5 Å². The van der Waals surface area contributed by atoms with E-state index >= 15 is 0 Å². The molecular weight excluding hydrogens is 384 g/mol. The Balaban J connectivity index is 1.52. The van der Waals surface area contributed by atoms with E-state index < -0.39 is 10.0 Å². The van der Waals surface area contributed by atoms with Crippen LogP contribution in [0.25, 0.3) is 0 Å². The lowest BCUT2D eigenvalue weighted by molar-refractivity contribution is 0.272. The molecule has 1 saturated heterocycles. The van der Waals surface area contributed by atoms with Crippen molar-refractivity contribution < 1.29 is 8.42 Å². The van der Waals surface area contributed by atoms with E-state index in [-0.39, 0.29) is 0 Å². The van der Waals surface area contributed by atoms with Crippen molar-refractivity contribution in [3.63, 3.8) is 0 Å². The van der Waals surface area contributed by atoms with Gasteiger partial charge in [0.1, 0.15) is 0 Å². The Bertz CT molecular complexity index is 891. The number of hydrogen-bond donors (Lipinski definition) is 1. The van der Waals surface area contributed by atoms with Crippen LogP contribution in [0.3, 0.4) is 0 Å². The molecule has 1 N–H and O–H groups in total. The van der Waals surface area contributed by atoms with Crippen molar-refractivity contribution in [1.82, 2.24) is 14.5 Å². The molecule has 1 fully saturated rings. The van der Waals surface area contributed by atoms with E-state index in [2.05, 4.69) is 17.4 Å². The van der Waals surface area contributed by atoms with Gasteiger partial charge < -0.3 is 10.2 Å². The SMILES string of the molecule is CN(C)C(=NCc1ccccc1)NCC1CCN(S(=O)(=O)c2ccccc2)CC1. The zero-order valence-electron chi connectivity index (χ0n) is 17.2. The summed E-state index contributed by atoms with van der Waals surface area (Å²) >= 11 is 0. The topological polar surface area (TPSA) is 65.0 Å². The average molecular weight is 415 g/mol. The fourth-order valence-electron chi connectivity index (χ4n) is 3.44. The maximum absolute atomic E-state index is 12.8. The first-order valence-electron chi connectivity index (χ1n) is 10.0. The lowest BCUT2D eigenvalue weighted by atomic mass is 9.98. The molecule has 0 saturated carbocycles. The van der Waals surface area contributed by atoms with Crippen LogP contribution in [0.2, 0.25) is 0 Å². The summed E-state index contributed by atoms with van der Waals surface area (Å²) in [5.74, 6) is 1.28. The van der Waals surface area contributed by atoms with Gasteiger partial charge in [0.05, 0.1) is 11.4 Å². The van der Waals surface area contributed by atoms with Crippen LogP contribution in [0.1, 0.15) is 18.4 Å². The molecule has 29 heavy (non-hydrogen) atoms. The van der Waals surface area contributed by atoms with Crippen molar-refractivity contribution in [2.75, 3.05) is 33.7 Å². The Kier molecular flexibility index (Phi) is 7.28. The third-order valence-corrected chi connectivity index (χ3v) is 7.09. The van der Waals surface area contributed by atoms with Crippen molar-refractivity contribution in [1.29, 1.82) is 0 Å². The van der Waals surface area contributed by atoms with Crippen molar-refractivity contribution in [3.8, 4) is 0 Å². The zero-order valence-corrected chi connectivity index (χ0v) is 18.0. The highest BCUT2D eigenvalue weighted by atomic mass is 32.2. The summed E-state index contributed by atoms with van der Waals surface area (Å²) in [5, 5.41) is 3.45. The Morgan fingerprint density at radius 2 is 1.62 bits per heavy atom. The normalized spacial score (nSPS) is 16.6. The third-order valence-electron chi connectivity index (χ3n) is 5.18. The summed E-state index contributed by atoms with van der Waals surface area (Å²) in [6.07, 6.45) is 1.69. The Labute approximate surface area is 174 Å². The minimum Gasteiger partial charge on any atom is -0.356 e. The molecular formula is C22H30N4O2S. The van der Waals surface area contributed by atoms with Gasteiger partial charge in [-0.25, -0.2) is 13.4 Å². The third kappa shape index (κ3) is 5.81. The molecule has 0 radical (unpaired) electrons. The molecule has 2 aromatic rings. The lowest BCUT2D eigenvalue weighted by Gasteiger charge is -2.32. The number of nitrogens with one attached hydrogen (secondary N) is 1. The summed E-state index contributed by atoms with van der Waals surface area (Å²) in [7, 11) is 0.568. The molecule has 1 heterocycles. The largest absolute Gasteiger partial charge is 0.356 e. The lowest BCUT2D eigenvalue weighted by Crippen LogP contribution is -2.43. The quantitative estimate of drug-likeness (QED) is 0.583. The number of hydrogen-bond acceptors (Lipinski definition) is 3. The van der Waals surface area contributed by atoms with Gasteiger partial charge in [0.15, 0.2) is 5.96 Å². The molecule has 0 aliphatic carbocycles. The zero-order chi connectivity index (χ0) is 20.7. The van der Waals surface area contributed by atoms with E-state index in [4.69, 9.17) is 4.99 Å². The van der Waals surface area contributed by atoms with Crippen LogP contribution in [0, 0.1) is 5.92 Å². The van der Waals surface area contributed by atoms with E-state index in [1.54, 1.807) is 28.6 Å². The van der Waals surface area contributed by atoms with E-state index in [0.29, 0.717) is 30.4 Å². The highest BCUT2D eigenvalue weighted by Gasteiger charge is 2.29. The van der Waals surface area contributed by atoms with Crippen molar-refractivity contribution >= 4 is 16.0 Å². The van der Waals surface area contributed by atoms with E-state index in [1.807, 2.05) is 43.3 Å². The standard InChI is InChI=1S/C22H30N4O2S/c1-25(2)22(23-17-19-9-5-3-6-10-19)24-18-20-13-15-26(16-14-20)29(27,28)21-11-7-4-8-12-21/h3-12,20H,13-18H2,1-2H3,(H,23,24). The Hall–Kier alpha value is -2.38. The van der Waals surface area contributed by atoms with Gasteiger partial charge in [0.2, 0.25) is 10.0 Å². The second kappa shape index (κ2) is 9.89. The highest BCUT2D eigenvalue weighted by Crippen LogP contribution is 2.23. The summed E-state index contributed by atoms with van der Waals surface area (Å²) in [6.45, 7) is 2.55. The molecule has 1 aliphatic heterocycles. The molecule has 0 atom stereocenters. The summed E-state index contributed by atoms with van der Waals surface area (Å²) < 4.78 is 27.1. The maximum Gasteiger partial charge on any atom is 0.243 e. The molecule has 0 unspecified atom stereocenters. The van der Waals surface area contributed by atoms with Gasteiger partial charge in [-0.2, -0.15) is 4.31 Å². The number of rotatable bonds is 6. The first-order chi connectivity index (χ1) is 14.0. The summed E-state index contributed by atoms with van der Waals surface area (Å²) in [5.41, 5.74) is 1.17. The average Bonchev–Trinajstić information content (AvgIpc) is 2.75. The Morgan fingerprint density at radius 3 is 2.21 bits per heavy atom. The first-order valence-corrected chi connectivity index (χ1v) is 11.5. The second-order valence-corrected chi connectivity index (χ2v) is 9.50. The number of benzene rings is 2. The number of aliphatic imine (C=N–C) groups is 1. The molecule has 7 heteroatoms. The number of nitrogens with zero attached hydrogens (tertiary/aromatic N) is 3. The van der Waals surface area contributed by atoms with Gasteiger partial charge in [0, 0.05) is 33.7 Å². The minimum atomic E-state index is -3.39. The fourth-order valence-corrected chi connectivity index (χ4v) is 4.93. The van der Waals surface area contributed by atoms with Crippen molar-refractivity contribution in [2.24, 2.45) is 10.9 Å². The first kappa shape index (κ1) is 21.3. The van der Waals surface area contributed by atoms with Gasteiger partial charge in [-0.15, -0.1) is 0 Å². The molecule has 0 amide bonds. The van der Waals surface area contributed by atoms with E-state index in [9.17, 15) is 8.42 Å². The van der Waals surface area contributed by atoms with E-state index in [1.165, 1.54) is 5.56 Å². The predicted molar refractivity (Wildman–Crippen MR) is 117 cm³/mol. The summed E-state index contributed by atoms with van der Waals surface area (Å²) in [4.78, 5) is 7.06. The van der Waals surface area contributed by atoms with Crippen LogP contribution in [0.5, 0.6) is 0 Å². The monoisotopic (exact) mass is 414 g/mol. The van der Waals surface area contributed by atoms with Crippen LogP contribution in [-0.2, 0) is 16.6 Å². The fraction of sp³-hybridized carbons (Fsp3) is 0.409. The van der Waals surface area contributed by atoms with Gasteiger partial charge in [0.25, 0.3) is 0 Å². The maximum atomic E-state index is 12.8. The van der Waals surface area contributed by atoms with Crippen LogP contribution in [-0.4, -0.2) is 57.3 Å². The molecule has 2 aromatic carbocycles. The summed E-state index contributed by atoms with van der Waals surface area (Å²) in [6, 6.07) is 18.9. The minimum absolute atomic E-state index is 0.375. The smallest absolute Gasteiger partial charge is 0.243 e. The molecule has 3 rings (SSSR count). The Morgan fingerprint density at radius 1 is 1.03 bits per heavy atom. The highest BCUT2D eigenvalue weighted by molar-refractivity contribution is 7.89. The van der Waals surface area contributed by atoms with Crippen LogP contribution in [0.4, 0.5) is 0 Å². The molecule has 0 bridgehead atoms. The predicted octanol–water partition coefficient (Wildman–Crippen LogP) is 2.79. The van der Waals surface area contributed by atoms with E-state index in [0.717, 1.165) is 25.3 Å². The molecule has 156 valence electrons. The van der Waals surface area contributed by atoms with Crippen molar-refractivity contribution in [3.05, 3.63) is 66.2 Å². The van der Waals surface area contributed by atoms with Crippen LogP contribution in [0.15, 0.2) is 70.6 Å². The number of piperidine rings is 1. The molecule has 0 aromatic heterocycles.